The summed E-state index contributed by atoms with van der Waals surface area (Å²) in [6, 6.07) is 0. The van der Waals surface area contributed by atoms with E-state index in [9.17, 15) is 19.9 Å². The molecule has 1 aliphatic rings. The van der Waals surface area contributed by atoms with Gasteiger partial charge in [0.05, 0.1) is 6.33 Å². The molecule has 1 aliphatic heterocycles. The minimum Gasteiger partial charge on any atom is -1.00 e. The summed E-state index contributed by atoms with van der Waals surface area (Å²) in [6.45, 7) is 0. The number of aliphatic hydroxyl groups excluding tert-OH is 3. The van der Waals surface area contributed by atoms with Crippen molar-refractivity contribution >= 4 is 24.6 Å². The van der Waals surface area contributed by atoms with Crippen molar-refractivity contribution in [2.75, 3.05) is 5.73 Å². The number of rotatable bonds is 3. The van der Waals surface area contributed by atoms with Crippen LogP contribution in [0.3, 0.4) is 0 Å². The molecule has 2 aromatic heterocycles. The molecule has 0 spiro atoms. The average Bonchev–Trinajstić information content (AvgIpc) is 3.02. The normalized spacial score (nSPS) is 28.7. The van der Waals surface area contributed by atoms with Crippen molar-refractivity contribution in [3.8, 4) is 0 Å². The molecule has 2 aromatic rings. The topological polar surface area (TPSA) is 197 Å². The SMILES string of the molecule is Nc1ncnc2c1ncn2[C@@H]1O[C@H]([C@H](O)P(=O)(O)O)[C@@H](O)[C@H]1O.[H-].[Na+]. The molecule has 0 aliphatic carbocycles. The third-order valence-corrected chi connectivity index (χ3v) is 4.56. The quantitative estimate of drug-likeness (QED) is 0.222. The molecule has 24 heavy (non-hydrogen) atoms. The summed E-state index contributed by atoms with van der Waals surface area (Å²) >= 11 is 0. The van der Waals surface area contributed by atoms with Crippen LogP contribution in [0, 0.1) is 0 Å². The second-order valence-electron chi connectivity index (χ2n) is 5.06. The van der Waals surface area contributed by atoms with Gasteiger partial charge in [0, 0.05) is 0 Å². The van der Waals surface area contributed by atoms with Crippen LogP contribution in [0.15, 0.2) is 12.7 Å². The van der Waals surface area contributed by atoms with Gasteiger partial charge in [0.15, 0.2) is 23.5 Å². The molecule has 0 aromatic carbocycles. The largest absolute Gasteiger partial charge is 1.00 e. The molecular weight excluding hydrogens is 356 g/mol. The second-order valence-corrected chi connectivity index (χ2v) is 6.77. The van der Waals surface area contributed by atoms with Crippen LogP contribution in [0.2, 0.25) is 0 Å². The van der Waals surface area contributed by atoms with Gasteiger partial charge in [-0.2, -0.15) is 0 Å². The maximum atomic E-state index is 11.1. The van der Waals surface area contributed by atoms with E-state index in [0.29, 0.717) is 0 Å². The van der Waals surface area contributed by atoms with Crippen molar-refractivity contribution < 1.29 is 65.4 Å². The number of anilines is 1. The predicted octanol–water partition coefficient (Wildman–Crippen LogP) is -5.36. The van der Waals surface area contributed by atoms with E-state index in [0.717, 1.165) is 6.33 Å². The van der Waals surface area contributed by atoms with Crippen LogP contribution < -0.4 is 35.3 Å². The number of hydrogen-bond acceptors (Lipinski definition) is 9. The van der Waals surface area contributed by atoms with Crippen LogP contribution >= 0.6 is 7.60 Å². The summed E-state index contributed by atoms with van der Waals surface area (Å²) in [7, 11) is -4.94. The molecule has 3 rings (SSSR count). The first-order valence-corrected chi connectivity index (χ1v) is 8.08. The molecule has 0 saturated carbocycles. The summed E-state index contributed by atoms with van der Waals surface area (Å²) in [5.74, 6) is -2.19. The second kappa shape index (κ2) is 6.92. The molecule has 1 saturated heterocycles. The Labute approximate surface area is 158 Å². The van der Waals surface area contributed by atoms with Gasteiger partial charge in [-0.1, -0.05) is 0 Å². The zero-order valence-corrected chi connectivity index (χ0v) is 15.3. The van der Waals surface area contributed by atoms with E-state index in [-0.39, 0.29) is 48.0 Å². The summed E-state index contributed by atoms with van der Waals surface area (Å²) in [5.41, 5.74) is 6.07. The van der Waals surface area contributed by atoms with E-state index in [1.54, 1.807) is 0 Å². The number of nitrogens with two attached hydrogens (primary N) is 1. The van der Waals surface area contributed by atoms with Crippen LogP contribution in [0.4, 0.5) is 5.82 Å². The average molecular weight is 371 g/mol. The first-order chi connectivity index (χ1) is 10.7. The van der Waals surface area contributed by atoms with Gasteiger partial charge in [0.1, 0.15) is 30.2 Å². The van der Waals surface area contributed by atoms with Gasteiger partial charge in [0.2, 0.25) is 0 Å². The van der Waals surface area contributed by atoms with E-state index < -0.39 is 38.0 Å². The Morgan fingerprint density at radius 3 is 2.58 bits per heavy atom. The van der Waals surface area contributed by atoms with Gasteiger partial charge >= 0.3 is 37.2 Å². The summed E-state index contributed by atoms with van der Waals surface area (Å²) in [6.07, 6.45) is -3.87. The molecule has 0 amide bonds. The molecule has 0 radical (unpaired) electrons. The first-order valence-electron chi connectivity index (χ1n) is 6.39. The van der Waals surface area contributed by atoms with Crippen LogP contribution in [0.1, 0.15) is 7.65 Å². The Morgan fingerprint density at radius 2 is 1.96 bits per heavy atom. The monoisotopic (exact) mass is 371 g/mol. The van der Waals surface area contributed by atoms with Gasteiger partial charge in [-0.15, -0.1) is 0 Å². The third kappa shape index (κ3) is 3.22. The molecule has 12 nitrogen and oxygen atoms in total. The molecular formula is C10H15N5NaO7P. The molecule has 5 atom stereocenters. The van der Waals surface area contributed by atoms with Crippen LogP contribution in [0.25, 0.3) is 11.2 Å². The number of nitrogens with zero attached hydrogens (tertiary/aromatic N) is 4. The van der Waals surface area contributed by atoms with Gasteiger partial charge in [-0.05, 0) is 0 Å². The van der Waals surface area contributed by atoms with Crippen molar-refractivity contribution in [1.82, 2.24) is 19.5 Å². The van der Waals surface area contributed by atoms with E-state index >= 15 is 0 Å². The maximum absolute atomic E-state index is 11.1. The number of hydrogen-bond donors (Lipinski definition) is 6. The molecule has 0 bridgehead atoms. The van der Waals surface area contributed by atoms with Crippen molar-refractivity contribution in [3.63, 3.8) is 0 Å². The molecule has 0 unspecified atom stereocenters. The fraction of sp³-hybridized carbons (Fsp3) is 0.500. The molecule has 1 fully saturated rings. The summed E-state index contributed by atoms with van der Waals surface area (Å²) < 4.78 is 17.6. The number of aromatic nitrogens is 4. The Hall–Kier alpha value is -0.660. The smallest absolute Gasteiger partial charge is 1.00 e. The van der Waals surface area contributed by atoms with Crippen molar-refractivity contribution in [2.45, 2.75) is 30.4 Å². The first kappa shape index (κ1) is 19.7. The maximum Gasteiger partial charge on any atom is 1.00 e. The van der Waals surface area contributed by atoms with Crippen molar-refractivity contribution in [3.05, 3.63) is 12.7 Å². The Morgan fingerprint density at radius 1 is 1.29 bits per heavy atom. The standard InChI is InChI=1S/C10H14N5O7P.Na.H/c11-7-3-8(13-1-12-7)15(2-14-3)9-5(17)4(16)6(22-9)10(18)23(19,20)21;;/h1-2,4-6,9-10,16-18H,(H2,11,12,13)(H2,19,20,21);;/q;+1;-1/t4-,5+,6-,9+,10+;;/m0../s1. The third-order valence-electron chi connectivity index (χ3n) is 3.57. The fourth-order valence-corrected chi connectivity index (χ4v) is 3.04. The van der Waals surface area contributed by atoms with Gasteiger partial charge < -0.3 is 37.0 Å². The molecule has 14 heteroatoms. The number of nitrogen functional groups attached to an aromatic ring is 1. The van der Waals surface area contributed by atoms with E-state index in [1.807, 2.05) is 0 Å². The minimum absolute atomic E-state index is 0. The molecule has 7 N–H and O–H groups in total. The molecule has 3 heterocycles. The summed E-state index contributed by atoms with van der Waals surface area (Å²) in [5, 5.41) is 29.6. The van der Waals surface area contributed by atoms with Gasteiger partial charge in [-0.25, -0.2) is 15.0 Å². The van der Waals surface area contributed by atoms with E-state index in [4.69, 9.17) is 20.3 Å². The van der Waals surface area contributed by atoms with E-state index in [2.05, 4.69) is 15.0 Å². The number of aliphatic hydroxyl groups is 3. The number of fused-ring (bicyclic) bond motifs is 1. The Bertz CT molecular complexity index is 790. The van der Waals surface area contributed by atoms with Gasteiger partial charge in [0.25, 0.3) is 0 Å². The molecule has 128 valence electrons. The van der Waals surface area contributed by atoms with Crippen molar-refractivity contribution in [1.29, 1.82) is 0 Å². The predicted molar refractivity (Wildman–Crippen MR) is 74.8 cm³/mol. The van der Waals surface area contributed by atoms with Crippen LogP contribution in [-0.2, 0) is 9.30 Å². The fourth-order valence-electron chi connectivity index (χ4n) is 2.41. The number of ether oxygens (including phenoxy) is 1. The zero-order valence-electron chi connectivity index (χ0n) is 13.4. The van der Waals surface area contributed by atoms with Crippen LogP contribution in [-0.4, -0.2) is 68.8 Å². The Kier molecular flexibility index (Phi) is 5.67. The van der Waals surface area contributed by atoms with E-state index in [1.165, 1.54) is 10.9 Å². The Balaban J connectivity index is 0.00000156. The van der Waals surface area contributed by atoms with Crippen molar-refractivity contribution in [2.24, 2.45) is 0 Å². The number of imidazole rings is 1. The minimum atomic E-state index is -4.94. The zero-order chi connectivity index (χ0) is 16.9. The summed E-state index contributed by atoms with van der Waals surface area (Å²) in [4.78, 5) is 29.7. The van der Waals surface area contributed by atoms with Crippen LogP contribution in [0.5, 0.6) is 0 Å². The van der Waals surface area contributed by atoms with Gasteiger partial charge in [-0.3, -0.25) is 9.13 Å².